The molecule has 0 aliphatic heterocycles. The van der Waals surface area contributed by atoms with E-state index in [1.807, 2.05) is 12.1 Å². The lowest BCUT2D eigenvalue weighted by atomic mass is 10.1. The Kier molecular flexibility index (Phi) is 2.43. The number of hydrogen-bond donors (Lipinski definition) is 1. The van der Waals surface area contributed by atoms with Crippen molar-refractivity contribution in [2.24, 2.45) is 0 Å². The van der Waals surface area contributed by atoms with E-state index in [9.17, 15) is 4.79 Å². The van der Waals surface area contributed by atoms with Crippen LogP contribution in [0.3, 0.4) is 0 Å². The Hall–Kier alpha value is -2.11. The van der Waals surface area contributed by atoms with Crippen LogP contribution in [-0.4, -0.2) is 27.7 Å². The van der Waals surface area contributed by atoms with E-state index in [1.54, 1.807) is 13.1 Å². The molecule has 1 aliphatic rings. The molecule has 0 amide bonds. The molecule has 18 heavy (non-hydrogen) atoms. The number of rotatable bonds is 4. The van der Waals surface area contributed by atoms with E-state index < -0.39 is 5.41 Å². The molecule has 0 saturated heterocycles. The molecule has 0 aromatic carbocycles. The fraction of sp³-hybridized carbons (Fsp3) is 0.417. The van der Waals surface area contributed by atoms with E-state index in [2.05, 4.69) is 15.1 Å². The molecule has 0 unspecified atom stereocenters. The Morgan fingerprint density at radius 2 is 2.44 bits per heavy atom. The molecule has 0 bridgehead atoms. The number of hydrogen-bond acceptors (Lipinski definition) is 5. The third-order valence-electron chi connectivity index (χ3n) is 3.09. The lowest BCUT2D eigenvalue weighted by Crippen LogP contribution is -2.23. The zero-order valence-electron chi connectivity index (χ0n) is 9.97. The number of aromatic amines is 1. The SMILES string of the molecule is CCOC(=O)C1(c2nc(-c3ccc[nH]3)no2)CC1. The van der Waals surface area contributed by atoms with Gasteiger partial charge in [-0.3, -0.25) is 4.79 Å². The predicted molar refractivity (Wildman–Crippen MR) is 61.6 cm³/mol. The summed E-state index contributed by atoms with van der Waals surface area (Å²) in [5, 5.41) is 3.88. The standard InChI is InChI=1S/C12H13N3O3/c1-2-17-11(16)12(5-6-12)10-14-9(15-18-10)8-4-3-7-13-8/h3-4,7,13H,2,5-6H2,1H3. The molecular weight excluding hydrogens is 234 g/mol. The summed E-state index contributed by atoms with van der Waals surface area (Å²) in [7, 11) is 0. The molecule has 2 aromatic heterocycles. The Labute approximate surface area is 103 Å². The number of ether oxygens (including phenoxy) is 1. The average molecular weight is 247 g/mol. The van der Waals surface area contributed by atoms with Crippen molar-refractivity contribution >= 4 is 5.97 Å². The molecule has 1 N–H and O–H groups in total. The molecule has 0 spiro atoms. The highest BCUT2D eigenvalue weighted by atomic mass is 16.5. The van der Waals surface area contributed by atoms with Crippen molar-refractivity contribution < 1.29 is 14.1 Å². The molecule has 2 aromatic rings. The topological polar surface area (TPSA) is 81.0 Å². The fourth-order valence-corrected chi connectivity index (χ4v) is 1.90. The summed E-state index contributed by atoms with van der Waals surface area (Å²) in [5.41, 5.74) is 0.0677. The van der Waals surface area contributed by atoms with Gasteiger partial charge in [0.05, 0.1) is 12.3 Å². The van der Waals surface area contributed by atoms with Crippen LogP contribution in [-0.2, 0) is 14.9 Å². The van der Waals surface area contributed by atoms with E-state index in [4.69, 9.17) is 9.26 Å². The van der Waals surface area contributed by atoms with Gasteiger partial charge in [-0.05, 0) is 31.9 Å². The second kappa shape index (κ2) is 3.97. The maximum Gasteiger partial charge on any atom is 0.321 e. The summed E-state index contributed by atoms with van der Waals surface area (Å²) < 4.78 is 10.3. The highest BCUT2D eigenvalue weighted by Gasteiger charge is 2.57. The second-order valence-corrected chi connectivity index (χ2v) is 4.31. The molecule has 1 aliphatic carbocycles. The lowest BCUT2D eigenvalue weighted by molar-refractivity contribution is -0.146. The Balaban J connectivity index is 1.88. The predicted octanol–water partition coefficient (Wildman–Crippen LogP) is 1.66. The van der Waals surface area contributed by atoms with Crippen molar-refractivity contribution in [3.05, 3.63) is 24.2 Å². The highest BCUT2D eigenvalue weighted by molar-refractivity contribution is 5.85. The summed E-state index contributed by atoms with van der Waals surface area (Å²) in [6, 6.07) is 3.70. The third kappa shape index (κ3) is 1.61. The maximum absolute atomic E-state index is 11.9. The fourth-order valence-electron chi connectivity index (χ4n) is 1.90. The van der Waals surface area contributed by atoms with E-state index in [0.717, 1.165) is 5.69 Å². The molecule has 6 heteroatoms. The van der Waals surface area contributed by atoms with Crippen molar-refractivity contribution in [1.82, 2.24) is 15.1 Å². The van der Waals surface area contributed by atoms with Crippen LogP contribution in [0.5, 0.6) is 0 Å². The van der Waals surface area contributed by atoms with Crippen LogP contribution in [0, 0.1) is 0 Å². The third-order valence-corrected chi connectivity index (χ3v) is 3.09. The van der Waals surface area contributed by atoms with Crippen LogP contribution < -0.4 is 0 Å². The first-order valence-corrected chi connectivity index (χ1v) is 5.91. The molecular formula is C12H13N3O3. The maximum atomic E-state index is 11.9. The summed E-state index contributed by atoms with van der Waals surface area (Å²) in [6.07, 6.45) is 3.19. The van der Waals surface area contributed by atoms with Gasteiger partial charge < -0.3 is 14.2 Å². The largest absolute Gasteiger partial charge is 0.465 e. The summed E-state index contributed by atoms with van der Waals surface area (Å²) >= 11 is 0. The van der Waals surface area contributed by atoms with Gasteiger partial charge in [0, 0.05) is 6.20 Å². The Morgan fingerprint density at radius 3 is 3.06 bits per heavy atom. The number of nitrogens with zero attached hydrogens (tertiary/aromatic N) is 2. The van der Waals surface area contributed by atoms with Crippen molar-refractivity contribution in [2.45, 2.75) is 25.2 Å². The van der Waals surface area contributed by atoms with E-state index in [0.29, 0.717) is 31.2 Å². The van der Waals surface area contributed by atoms with Crippen molar-refractivity contribution in [2.75, 3.05) is 6.61 Å². The van der Waals surface area contributed by atoms with Gasteiger partial charge in [0.1, 0.15) is 5.41 Å². The van der Waals surface area contributed by atoms with E-state index in [1.165, 1.54) is 0 Å². The van der Waals surface area contributed by atoms with Crippen LogP contribution in [0.1, 0.15) is 25.7 Å². The summed E-state index contributed by atoms with van der Waals surface area (Å²) in [5.74, 6) is 0.544. The number of H-pyrrole nitrogens is 1. The first-order chi connectivity index (χ1) is 8.76. The molecule has 3 rings (SSSR count). The van der Waals surface area contributed by atoms with Gasteiger partial charge in [0.25, 0.3) is 0 Å². The minimum atomic E-state index is -0.701. The van der Waals surface area contributed by atoms with Crippen LogP contribution in [0.2, 0.25) is 0 Å². The Bertz CT molecular complexity index is 555. The smallest absolute Gasteiger partial charge is 0.321 e. The Morgan fingerprint density at radius 1 is 1.61 bits per heavy atom. The van der Waals surface area contributed by atoms with Gasteiger partial charge in [-0.2, -0.15) is 4.98 Å². The normalized spacial score (nSPS) is 16.5. The van der Waals surface area contributed by atoms with Gasteiger partial charge in [-0.25, -0.2) is 0 Å². The van der Waals surface area contributed by atoms with Crippen LogP contribution >= 0.6 is 0 Å². The minimum Gasteiger partial charge on any atom is -0.465 e. The minimum absolute atomic E-state index is 0.272. The first kappa shape index (κ1) is 11.0. The number of carbonyl (C=O) groups excluding carboxylic acids is 1. The molecule has 1 fully saturated rings. The number of esters is 1. The number of carbonyl (C=O) groups is 1. The first-order valence-electron chi connectivity index (χ1n) is 5.91. The van der Waals surface area contributed by atoms with Gasteiger partial charge in [-0.15, -0.1) is 0 Å². The van der Waals surface area contributed by atoms with Crippen molar-refractivity contribution in [1.29, 1.82) is 0 Å². The molecule has 2 heterocycles. The van der Waals surface area contributed by atoms with E-state index in [-0.39, 0.29) is 5.97 Å². The average Bonchev–Trinajstić information content (AvgIpc) is 2.83. The number of nitrogens with one attached hydrogen (secondary N) is 1. The van der Waals surface area contributed by atoms with Crippen LogP contribution in [0.25, 0.3) is 11.5 Å². The van der Waals surface area contributed by atoms with Gasteiger partial charge in [0.2, 0.25) is 11.7 Å². The van der Waals surface area contributed by atoms with Crippen molar-refractivity contribution in [3.63, 3.8) is 0 Å². The van der Waals surface area contributed by atoms with Crippen molar-refractivity contribution in [3.8, 4) is 11.5 Å². The molecule has 6 nitrogen and oxygen atoms in total. The molecule has 94 valence electrons. The summed E-state index contributed by atoms with van der Waals surface area (Å²) in [4.78, 5) is 19.1. The van der Waals surface area contributed by atoms with Gasteiger partial charge >= 0.3 is 5.97 Å². The zero-order valence-corrected chi connectivity index (χ0v) is 9.97. The molecule has 0 atom stereocenters. The van der Waals surface area contributed by atoms with E-state index >= 15 is 0 Å². The monoisotopic (exact) mass is 247 g/mol. The second-order valence-electron chi connectivity index (χ2n) is 4.31. The summed E-state index contributed by atoms with van der Waals surface area (Å²) in [6.45, 7) is 2.14. The van der Waals surface area contributed by atoms with Gasteiger partial charge in [0.15, 0.2) is 0 Å². The molecule has 0 radical (unpaired) electrons. The highest BCUT2D eigenvalue weighted by Crippen LogP contribution is 2.48. The lowest BCUT2D eigenvalue weighted by Gasteiger charge is -2.07. The van der Waals surface area contributed by atoms with Gasteiger partial charge in [-0.1, -0.05) is 5.16 Å². The quantitative estimate of drug-likeness (QED) is 0.831. The number of aromatic nitrogens is 3. The molecule has 1 saturated carbocycles. The van der Waals surface area contributed by atoms with Crippen LogP contribution in [0.15, 0.2) is 22.9 Å². The zero-order chi connectivity index (χ0) is 12.6. The van der Waals surface area contributed by atoms with Crippen LogP contribution in [0.4, 0.5) is 0 Å².